The first kappa shape index (κ1) is 14.1. The van der Waals surface area contributed by atoms with Crippen LogP contribution < -0.4 is 0 Å². The summed E-state index contributed by atoms with van der Waals surface area (Å²) in [5.74, 6) is -1.35. The smallest absolute Gasteiger partial charge is 0.336 e. The lowest BCUT2D eigenvalue weighted by Crippen LogP contribution is -2.14. The van der Waals surface area contributed by atoms with E-state index in [9.17, 15) is 9.59 Å². The molecule has 0 amide bonds. The van der Waals surface area contributed by atoms with Crippen molar-refractivity contribution in [3.63, 3.8) is 0 Å². The molecular formula is C11H11BrO4S. The predicted octanol–water partition coefficient (Wildman–Crippen LogP) is 2.80. The number of carboxylic acid groups (broad SMARTS) is 1. The number of esters is 1. The van der Waals surface area contributed by atoms with Crippen LogP contribution in [-0.2, 0) is 9.53 Å². The van der Waals surface area contributed by atoms with E-state index >= 15 is 0 Å². The molecule has 1 unspecified atom stereocenters. The third-order valence-corrected chi connectivity index (χ3v) is 3.78. The highest BCUT2D eigenvalue weighted by atomic mass is 79.9. The maximum absolute atomic E-state index is 11.2. The summed E-state index contributed by atoms with van der Waals surface area (Å²) in [7, 11) is 1.32. The van der Waals surface area contributed by atoms with Crippen LogP contribution in [0, 0.1) is 0 Å². The van der Waals surface area contributed by atoms with Crippen LogP contribution in [-0.4, -0.2) is 29.4 Å². The topological polar surface area (TPSA) is 63.6 Å². The average molecular weight is 319 g/mol. The molecule has 0 aromatic heterocycles. The third kappa shape index (κ3) is 3.74. The molecule has 17 heavy (non-hydrogen) atoms. The molecule has 4 nitrogen and oxygen atoms in total. The Bertz CT molecular complexity index is 447. The second kappa shape index (κ2) is 6.07. The number of hydrogen-bond donors (Lipinski definition) is 1. The number of carboxylic acids is 1. The van der Waals surface area contributed by atoms with Gasteiger partial charge >= 0.3 is 11.9 Å². The normalized spacial score (nSPS) is 11.9. The first-order valence-corrected chi connectivity index (χ1v) is 6.40. The lowest BCUT2D eigenvalue weighted by Gasteiger charge is -2.09. The van der Waals surface area contributed by atoms with Crippen LogP contribution in [0.4, 0.5) is 0 Å². The average Bonchev–Trinajstić information content (AvgIpc) is 2.30. The van der Waals surface area contributed by atoms with Gasteiger partial charge in [0.2, 0.25) is 0 Å². The van der Waals surface area contributed by atoms with Crippen LogP contribution in [0.15, 0.2) is 27.6 Å². The van der Waals surface area contributed by atoms with Gasteiger partial charge in [0.05, 0.1) is 12.7 Å². The van der Waals surface area contributed by atoms with Crippen LogP contribution in [0.25, 0.3) is 0 Å². The van der Waals surface area contributed by atoms with Crippen molar-refractivity contribution in [2.24, 2.45) is 0 Å². The number of hydrogen-bond acceptors (Lipinski definition) is 4. The number of rotatable bonds is 4. The number of benzene rings is 1. The van der Waals surface area contributed by atoms with Gasteiger partial charge in [0, 0.05) is 9.37 Å². The minimum Gasteiger partial charge on any atom is -0.478 e. The van der Waals surface area contributed by atoms with E-state index < -0.39 is 5.97 Å². The number of carbonyl (C=O) groups excluding carboxylic acids is 1. The number of carbonyl (C=O) groups is 2. The molecule has 0 fully saturated rings. The van der Waals surface area contributed by atoms with Gasteiger partial charge in [-0.25, -0.2) is 4.79 Å². The number of halogens is 1. The Morgan fingerprint density at radius 3 is 2.65 bits per heavy atom. The molecule has 0 aliphatic rings. The lowest BCUT2D eigenvalue weighted by atomic mass is 10.2. The van der Waals surface area contributed by atoms with Gasteiger partial charge in [-0.3, -0.25) is 4.79 Å². The predicted molar refractivity (Wildman–Crippen MR) is 68.4 cm³/mol. The number of thioether (sulfide) groups is 1. The minimum absolute atomic E-state index is 0.173. The zero-order valence-corrected chi connectivity index (χ0v) is 11.7. The van der Waals surface area contributed by atoms with Crippen molar-refractivity contribution in [2.75, 3.05) is 7.11 Å². The van der Waals surface area contributed by atoms with Crippen LogP contribution >= 0.6 is 27.7 Å². The van der Waals surface area contributed by atoms with Crippen molar-refractivity contribution in [1.82, 2.24) is 0 Å². The van der Waals surface area contributed by atoms with Crippen molar-refractivity contribution in [2.45, 2.75) is 17.1 Å². The Morgan fingerprint density at radius 1 is 1.47 bits per heavy atom. The van der Waals surface area contributed by atoms with Crippen LogP contribution in [0.1, 0.15) is 17.3 Å². The monoisotopic (exact) mass is 318 g/mol. The Kier molecular flexibility index (Phi) is 5.02. The van der Waals surface area contributed by atoms with Crippen LogP contribution in [0.2, 0.25) is 0 Å². The Morgan fingerprint density at radius 2 is 2.12 bits per heavy atom. The largest absolute Gasteiger partial charge is 0.478 e. The molecule has 1 aromatic rings. The molecule has 92 valence electrons. The molecule has 0 heterocycles. The van der Waals surface area contributed by atoms with Gasteiger partial charge in [-0.05, 0) is 41.1 Å². The fourth-order valence-electron chi connectivity index (χ4n) is 1.16. The van der Waals surface area contributed by atoms with Crippen LogP contribution in [0.3, 0.4) is 0 Å². The lowest BCUT2D eigenvalue weighted by molar-refractivity contribution is -0.139. The minimum atomic E-state index is -1.01. The van der Waals surface area contributed by atoms with Gasteiger partial charge in [-0.2, -0.15) is 0 Å². The summed E-state index contributed by atoms with van der Waals surface area (Å²) < 4.78 is 5.11. The summed E-state index contributed by atoms with van der Waals surface area (Å²) in [6.07, 6.45) is 0. The molecule has 1 aromatic carbocycles. The fourth-order valence-corrected chi connectivity index (χ4v) is 2.51. The number of ether oxygens (including phenoxy) is 1. The van der Waals surface area contributed by atoms with E-state index in [0.29, 0.717) is 9.37 Å². The molecule has 0 aliphatic heterocycles. The zero-order chi connectivity index (χ0) is 13.0. The highest BCUT2D eigenvalue weighted by Gasteiger charge is 2.16. The van der Waals surface area contributed by atoms with Gasteiger partial charge in [0.1, 0.15) is 5.25 Å². The van der Waals surface area contributed by atoms with Crippen molar-refractivity contribution in [3.8, 4) is 0 Å². The maximum atomic E-state index is 11.2. The van der Waals surface area contributed by atoms with Crippen molar-refractivity contribution < 1.29 is 19.4 Å². The molecule has 0 aliphatic carbocycles. The first-order chi connectivity index (χ1) is 7.95. The van der Waals surface area contributed by atoms with E-state index in [2.05, 4.69) is 20.7 Å². The van der Waals surface area contributed by atoms with Gasteiger partial charge < -0.3 is 9.84 Å². The Balaban J connectivity index is 2.90. The Hall–Kier alpha value is -1.01. The molecule has 0 bridgehead atoms. The molecule has 6 heteroatoms. The highest BCUT2D eigenvalue weighted by molar-refractivity contribution is 9.10. The highest BCUT2D eigenvalue weighted by Crippen LogP contribution is 2.28. The Labute approximate surface area is 111 Å². The van der Waals surface area contributed by atoms with Gasteiger partial charge in [-0.15, -0.1) is 11.8 Å². The molecule has 0 spiro atoms. The standard InChI is InChI=1S/C11H11BrO4S/c1-6(11(15)16-2)17-7-3-4-9(12)8(5-7)10(13)14/h3-6H,1-2H3,(H,13,14). The zero-order valence-electron chi connectivity index (χ0n) is 9.27. The first-order valence-electron chi connectivity index (χ1n) is 4.73. The van der Waals surface area contributed by atoms with Crippen molar-refractivity contribution in [3.05, 3.63) is 28.2 Å². The van der Waals surface area contributed by atoms with E-state index in [4.69, 9.17) is 5.11 Å². The molecule has 0 radical (unpaired) electrons. The molecule has 0 saturated carbocycles. The molecule has 1 atom stereocenters. The fraction of sp³-hybridized carbons (Fsp3) is 0.273. The molecule has 1 rings (SSSR count). The molecule has 0 saturated heterocycles. The summed E-state index contributed by atoms with van der Waals surface area (Å²) in [6, 6.07) is 4.92. The summed E-state index contributed by atoms with van der Waals surface area (Å²) in [4.78, 5) is 22.9. The second-order valence-corrected chi connectivity index (χ2v) is 5.50. The third-order valence-electron chi connectivity index (χ3n) is 2.01. The molecular weight excluding hydrogens is 308 g/mol. The van der Waals surface area contributed by atoms with E-state index in [0.717, 1.165) is 0 Å². The second-order valence-electron chi connectivity index (χ2n) is 3.23. The molecule has 1 N–H and O–H groups in total. The quantitative estimate of drug-likeness (QED) is 0.683. The van der Waals surface area contributed by atoms with Crippen molar-refractivity contribution >= 4 is 39.6 Å². The van der Waals surface area contributed by atoms with E-state index in [1.54, 1.807) is 19.1 Å². The van der Waals surface area contributed by atoms with E-state index in [1.807, 2.05) is 0 Å². The SMILES string of the molecule is COC(=O)C(C)Sc1ccc(Br)c(C(=O)O)c1. The number of methoxy groups -OCH3 is 1. The van der Waals surface area contributed by atoms with Crippen molar-refractivity contribution in [1.29, 1.82) is 0 Å². The summed E-state index contributed by atoms with van der Waals surface area (Å²) in [5, 5.41) is 8.58. The van der Waals surface area contributed by atoms with E-state index in [1.165, 1.54) is 24.9 Å². The van der Waals surface area contributed by atoms with Gasteiger partial charge in [0.15, 0.2) is 0 Å². The maximum Gasteiger partial charge on any atom is 0.336 e. The summed E-state index contributed by atoms with van der Waals surface area (Å²) >= 11 is 4.42. The summed E-state index contributed by atoms with van der Waals surface area (Å²) in [5.41, 5.74) is 0.173. The van der Waals surface area contributed by atoms with Gasteiger partial charge in [0.25, 0.3) is 0 Å². The number of aromatic carboxylic acids is 1. The van der Waals surface area contributed by atoms with E-state index in [-0.39, 0.29) is 16.8 Å². The van der Waals surface area contributed by atoms with Gasteiger partial charge in [-0.1, -0.05) is 0 Å². The summed E-state index contributed by atoms with van der Waals surface area (Å²) in [6.45, 7) is 1.71. The van der Waals surface area contributed by atoms with Crippen LogP contribution in [0.5, 0.6) is 0 Å².